The van der Waals surface area contributed by atoms with E-state index in [1.54, 1.807) is 0 Å². The summed E-state index contributed by atoms with van der Waals surface area (Å²) in [6.07, 6.45) is 0. The first kappa shape index (κ1) is 33.8. The van der Waals surface area contributed by atoms with Gasteiger partial charge >= 0.3 is 0 Å². The van der Waals surface area contributed by atoms with Crippen molar-refractivity contribution >= 4 is 74.3 Å². The fourth-order valence-electron chi connectivity index (χ4n) is 9.06. The van der Waals surface area contributed by atoms with Gasteiger partial charge in [-0.1, -0.05) is 152 Å². The molecule has 2 heterocycles. The normalized spacial score (nSPS) is 12.4. The highest BCUT2D eigenvalue weighted by molar-refractivity contribution is 7.00. The Labute approximate surface area is 340 Å². The average molecular weight is 740 g/mol. The van der Waals surface area contributed by atoms with Crippen molar-refractivity contribution in [3.8, 4) is 22.3 Å². The Morgan fingerprint density at radius 2 is 0.741 bits per heavy atom. The summed E-state index contributed by atoms with van der Waals surface area (Å²) < 4.78 is 0. The highest BCUT2D eigenvalue weighted by Gasteiger charge is 2.43. The van der Waals surface area contributed by atoms with Gasteiger partial charge in [0.05, 0.1) is 0 Å². The molecule has 3 nitrogen and oxygen atoms in total. The van der Waals surface area contributed by atoms with Crippen molar-refractivity contribution < 1.29 is 0 Å². The molecule has 0 saturated heterocycles. The molecule has 0 bridgehead atoms. The Morgan fingerprint density at radius 3 is 1.34 bits per heavy atom. The zero-order valence-corrected chi connectivity index (χ0v) is 31.9. The molecule has 4 heteroatoms. The average Bonchev–Trinajstić information content (AvgIpc) is 3.30. The van der Waals surface area contributed by atoms with Gasteiger partial charge in [-0.25, -0.2) is 0 Å². The number of hydrogen-bond acceptors (Lipinski definition) is 3. The Morgan fingerprint density at radius 1 is 0.293 bits per heavy atom. The van der Waals surface area contributed by atoms with E-state index in [9.17, 15) is 0 Å². The van der Waals surface area contributed by atoms with Crippen LogP contribution in [-0.2, 0) is 0 Å². The lowest BCUT2D eigenvalue weighted by molar-refractivity contribution is 1.24. The fraction of sp³-hybridized carbons (Fsp3) is 0. The number of rotatable bonds is 7. The van der Waals surface area contributed by atoms with E-state index in [2.05, 4.69) is 245 Å². The first-order valence-electron chi connectivity index (χ1n) is 20.0. The van der Waals surface area contributed by atoms with Crippen molar-refractivity contribution in [3.05, 3.63) is 231 Å². The smallest absolute Gasteiger partial charge is 0.252 e. The summed E-state index contributed by atoms with van der Waals surface area (Å²) in [5, 5.41) is 0. The predicted octanol–water partition coefficient (Wildman–Crippen LogP) is 12.6. The highest BCUT2D eigenvalue weighted by Crippen LogP contribution is 2.46. The molecule has 0 atom stereocenters. The van der Waals surface area contributed by atoms with Crippen molar-refractivity contribution in [1.29, 1.82) is 0 Å². The third-order valence-electron chi connectivity index (χ3n) is 11.6. The van der Waals surface area contributed by atoms with Gasteiger partial charge in [0.2, 0.25) is 0 Å². The maximum absolute atomic E-state index is 2.50. The molecule has 0 radical (unpaired) electrons. The summed E-state index contributed by atoms with van der Waals surface area (Å²) >= 11 is 0. The lowest BCUT2D eigenvalue weighted by Gasteiger charge is -2.44. The second-order valence-electron chi connectivity index (χ2n) is 15.0. The summed E-state index contributed by atoms with van der Waals surface area (Å²) in [6, 6.07) is 83.7. The van der Waals surface area contributed by atoms with E-state index in [4.69, 9.17) is 0 Å². The van der Waals surface area contributed by atoms with E-state index >= 15 is 0 Å². The van der Waals surface area contributed by atoms with Crippen molar-refractivity contribution in [2.45, 2.75) is 0 Å². The summed E-state index contributed by atoms with van der Waals surface area (Å²) in [6.45, 7) is 0.00509. The van der Waals surface area contributed by atoms with Crippen molar-refractivity contribution in [2.75, 3.05) is 14.7 Å². The number of para-hydroxylation sites is 3. The molecule has 272 valence electrons. The van der Waals surface area contributed by atoms with Gasteiger partial charge in [0.1, 0.15) is 0 Å². The van der Waals surface area contributed by atoms with Gasteiger partial charge in [-0.2, -0.15) is 0 Å². The molecule has 0 amide bonds. The molecular formula is C54H38BN3. The van der Waals surface area contributed by atoms with Crippen LogP contribution in [0.25, 0.3) is 22.3 Å². The van der Waals surface area contributed by atoms with Crippen LogP contribution in [-0.4, -0.2) is 6.71 Å². The third kappa shape index (κ3) is 5.69. The van der Waals surface area contributed by atoms with Gasteiger partial charge in [0.25, 0.3) is 6.71 Å². The summed E-state index contributed by atoms with van der Waals surface area (Å²) in [4.78, 5) is 7.33. The minimum absolute atomic E-state index is 0.00509. The van der Waals surface area contributed by atoms with Crippen LogP contribution in [0.2, 0.25) is 0 Å². The second kappa shape index (κ2) is 14.2. The molecule has 2 aliphatic rings. The molecule has 11 rings (SSSR count). The standard InChI is InChI=1S/C54H38BN3/c1-6-18-39(19-7-1)41-22-16-29-46(36-41)58-51-31-17-30-50-54(51)55(48-34-32-42(37-52(48)58)40-20-8-2-9-21-40)49-35-33-47(38-53(49)57(50)45-27-14-5-15-28-45)56(43-23-10-3-11-24-43)44-25-12-4-13-26-44/h1-38H. The number of benzene rings is 9. The summed E-state index contributed by atoms with van der Waals surface area (Å²) in [5.74, 6) is 0. The lowest BCUT2D eigenvalue weighted by Crippen LogP contribution is -2.61. The van der Waals surface area contributed by atoms with Crippen LogP contribution in [0.4, 0.5) is 51.2 Å². The van der Waals surface area contributed by atoms with Crippen LogP contribution in [0.15, 0.2) is 231 Å². The monoisotopic (exact) mass is 739 g/mol. The van der Waals surface area contributed by atoms with Crippen LogP contribution in [0, 0.1) is 0 Å². The SMILES string of the molecule is c1ccc(-c2cccc(N3c4cc(-c5ccccc5)ccc4B4c5ccc(N(c6ccccc6)c6ccccc6)cc5N(c5ccccc5)c5cccc3c54)c2)cc1. The first-order chi connectivity index (χ1) is 28.8. The van der Waals surface area contributed by atoms with E-state index in [-0.39, 0.29) is 6.71 Å². The minimum atomic E-state index is 0.00509. The van der Waals surface area contributed by atoms with E-state index in [1.807, 2.05) is 0 Å². The number of anilines is 9. The molecule has 2 aliphatic heterocycles. The minimum Gasteiger partial charge on any atom is -0.311 e. The second-order valence-corrected chi connectivity index (χ2v) is 15.0. The van der Waals surface area contributed by atoms with Crippen LogP contribution in [0.1, 0.15) is 0 Å². The van der Waals surface area contributed by atoms with Crippen LogP contribution < -0.4 is 31.1 Å². The Balaban J connectivity index is 1.17. The van der Waals surface area contributed by atoms with Gasteiger partial charge in [-0.15, -0.1) is 0 Å². The van der Waals surface area contributed by atoms with E-state index in [1.165, 1.54) is 61.4 Å². The topological polar surface area (TPSA) is 9.72 Å². The largest absolute Gasteiger partial charge is 0.311 e. The van der Waals surface area contributed by atoms with E-state index in [0.29, 0.717) is 0 Å². The fourth-order valence-corrected chi connectivity index (χ4v) is 9.06. The van der Waals surface area contributed by atoms with Crippen LogP contribution in [0.3, 0.4) is 0 Å². The zero-order chi connectivity index (χ0) is 38.4. The third-order valence-corrected chi connectivity index (χ3v) is 11.6. The molecule has 9 aromatic carbocycles. The van der Waals surface area contributed by atoms with E-state index < -0.39 is 0 Å². The van der Waals surface area contributed by atoms with Gasteiger partial charge < -0.3 is 14.7 Å². The Bertz CT molecular complexity index is 2860. The predicted molar refractivity (Wildman–Crippen MR) is 246 cm³/mol. The molecule has 0 aromatic heterocycles. The molecule has 0 N–H and O–H groups in total. The van der Waals surface area contributed by atoms with Gasteiger partial charge in [0, 0.05) is 51.2 Å². The number of nitrogens with zero attached hydrogens (tertiary/aromatic N) is 3. The van der Waals surface area contributed by atoms with Gasteiger partial charge in [-0.05, 0) is 118 Å². The van der Waals surface area contributed by atoms with Crippen molar-refractivity contribution in [2.24, 2.45) is 0 Å². The van der Waals surface area contributed by atoms with Crippen LogP contribution >= 0.6 is 0 Å². The maximum Gasteiger partial charge on any atom is 0.252 e. The maximum atomic E-state index is 2.50. The molecule has 0 saturated carbocycles. The first-order valence-corrected chi connectivity index (χ1v) is 20.0. The molecule has 0 spiro atoms. The summed E-state index contributed by atoms with van der Waals surface area (Å²) in [7, 11) is 0. The summed E-state index contributed by atoms with van der Waals surface area (Å²) in [5.41, 5.74) is 19.0. The molecule has 9 aromatic rings. The van der Waals surface area contributed by atoms with Gasteiger partial charge in [0.15, 0.2) is 0 Å². The van der Waals surface area contributed by atoms with Crippen molar-refractivity contribution in [1.82, 2.24) is 0 Å². The number of fused-ring (bicyclic) bond motifs is 4. The van der Waals surface area contributed by atoms with Gasteiger partial charge in [-0.3, -0.25) is 0 Å². The van der Waals surface area contributed by atoms with Crippen molar-refractivity contribution in [3.63, 3.8) is 0 Å². The zero-order valence-electron chi connectivity index (χ0n) is 31.9. The molecular weight excluding hydrogens is 701 g/mol. The quantitative estimate of drug-likeness (QED) is 0.151. The number of hydrogen-bond donors (Lipinski definition) is 0. The Kier molecular flexibility index (Phi) is 8.26. The molecule has 0 aliphatic carbocycles. The molecule has 58 heavy (non-hydrogen) atoms. The van der Waals surface area contributed by atoms with Crippen LogP contribution in [0.5, 0.6) is 0 Å². The lowest BCUT2D eigenvalue weighted by atomic mass is 9.33. The van der Waals surface area contributed by atoms with E-state index in [0.717, 1.165) is 28.4 Å². The highest BCUT2D eigenvalue weighted by atomic mass is 15.2. The Hall–Kier alpha value is -7.56. The molecule has 0 unspecified atom stereocenters. The molecule has 0 fully saturated rings.